The maximum atomic E-state index is 13.1. The van der Waals surface area contributed by atoms with Crippen LogP contribution in [0.25, 0.3) is 22.2 Å². The number of amides is 1. The third-order valence-electron chi connectivity index (χ3n) is 4.78. The van der Waals surface area contributed by atoms with Crippen LogP contribution in [-0.4, -0.2) is 10.9 Å². The summed E-state index contributed by atoms with van der Waals surface area (Å²) in [6.07, 6.45) is 0. The van der Waals surface area contributed by atoms with E-state index in [0.29, 0.717) is 17.1 Å². The summed E-state index contributed by atoms with van der Waals surface area (Å²) in [5.74, 6) is -0.108. The fourth-order valence-electron chi connectivity index (χ4n) is 3.35. The first kappa shape index (κ1) is 18.2. The fourth-order valence-corrected chi connectivity index (χ4v) is 3.48. The Morgan fingerprint density at radius 1 is 0.929 bits per heavy atom. The van der Waals surface area contributed by atoms with E-state index in [1.54, 1.807) is 0 Å². The maximum absolute atomic E-state index is 13.1. The normalized spacial score (nSPS) is 10.8. The summed E-state index contributed by atoms with van der Waals surface area (Å²) in [5, 5.41) is 4.57. The van der Waals surface area contributed by atoms with Gasteiger partial charge in [0.15, 0.2) is 0 Å². The van der Waals surface area contributed by atoms with Gasteiger partial charge in [0.25, 0.3) is 5.91 Å². The van der Waals surface area contributed by atoms with Gasteiger partial charge >= 0.3 is 0 Å². The van der Waals surface area contributed by atoms with Crippen molar-refractivity contribution in [3.63, 3.8) is 0 Å². The van der Waals surface area contributed by atoms with Gasteiger partial charge in [-0.3, -0.25) is 4.79 Å². The second-order valence-electron chi connectivity index (χ2n) is 6.65. The lowest BCUT2D eigenvalue weighted by Crippen LogP contribution is -2.24. The van der Waals surface area contributed by atoms with E-state index in [-0.39, 0.29) is 5.91 Å². The first-order valence-electron chi connectivity index (χ1n) is 9.11. The molecule has 0 atom stereocenters. The number of pyridine rings is 1. The van der Waals surface area contributed by atoms with Gasteiger partial charge in [0.05, 0.1) is 16.8 Å². The lowest BCUT2D eigenvalue weighted by molar-refractivity contribution is 0.0952. The molecule has 0 spiro atoms. The van der Waals surface area contributed by atoms with Gasteiger partial charge in [0.1, 0.15) is 0 Å². The molecule has 0 radical (unpaired) electrons. The molecule has 0 unspecified atom stereocenters. The topological polar surface area (TPSA) is 42.0 Å². The highest BCUT2D eigenvalue weighted by atomic mass is 35.5. The Morgan fingerprint density at radius 3 is 2.36 bits per heavy atom. The largest absolute Gasteiger partial charge is 0.348 e. The minimum Gasteiger partial charge on any atom is -0.348 e. The van der Waals surface area contributed by atoms with Crippen molar-refractivity contribution in [2.45, 2.75) is 13.5 Å². The Balaban J connectivity index is 1.75. The summed E-state index contributed by atoms with van der Waals surface area (Å²) in [6, 6.07) is 25.2. The quantitative estimate of drug-likeness (QED) is 0.482. The number of fused-ring (bicyclic) bond motifs is 1. The molecule has 4 heteroatoms. The minimum absolute atomic E-state index is 0.108. The monoisotopic (exact) mass is 386 g/mol. The molecule has 3 nitrogen and oxygen atoms in total. The third-order valence-corrected chi connectivity index (χ3v) is 5.03. The molecule has 4 aromatic rings. The van der Waals surface area contributed by atoms with E-state index < -0.39 is 0 Å². The summed E-state index contributed by atoms with van der Waals surface area (Å²) in [5.41, 5.74) is 5.17. The maximum Gasteiger partial charge on any atom is 0.252 e. The van der Waals surface area contributed by atoms with Gasteiger partial charge in [-0.1, -0.05) is 72.3 Å². The molecule has 0 aliphatic carbocycles. The van der Waals surface area contributed by atoms with Crippen molar-refractivity contribution in [3.8, 4) is 11.3 Å². The first-order valence-corrected chi connectivity index (χ1v) is 9.48. The average Bonchev–Trinajstić information content (AvgIpc) is 2.73. The van der Waals surface area contributed by atoms with Crippen LogP contribution >= 0.6 is 11.6 Å². The molecule has 0 aliphatic rings. The van der Waals surface area contributed by atoms with Gasteiger partial charge in [-0.2, -0.15) is 0 Å². The molecular weight excluding hydrogens is 368 g/mol. The zero-order valence-corrected chi connectivity index (χ0v) is 16.2. The minimum atomic E-state index is -0.108. The Kier molecular flexibility index (Phi) is 5.09. The van der Waals surface area contributed by atoms with Crippen molar-refractivity contribution < 1.29 is 4.79 Å². The second-order valence-corrected chi connectivity index (χ2v) is 7.09. The molecule has 1 aromatic heterocycles. The highest BCUT2D eigenvalue weighted by Crippen LogP contribution is 2.29. The molecule has 0 fully saturated rings. The summed E-state index contributed by atoms with van der Waals surface area (Å²) in [4.78, 5) is 18.0. The van der Waals surface area contributed by atoms with Crippen LogP contribution in [0.5, 0.6) is 0 Å². The molecule has 0 bridgehead atoms. The SMILES string of the molecule is Cc1c(-c2ccccc2)nc2ccccc2c1C(=O)NCc1ccc(Cl)cc1. The van der Waals surface area contributed by atoms with Crippen LogP contribution in [0.2, 0.25) is 5.02 Å². The van der Waals surface area contributed by atoms with Gasteiger partial charge < -0.3 is 5.32 Å². The second kappa shape index (κ2) is 7.83. The number of nitrogens with zero attached hydrogens (tertiary/aromatic N) is 1. The van der Waals surface area contributed by atoms with Crippen LogP contribution in [0.3, 0.4) is 0 Å². The van der Waals surface area contributed by atoms with Crippen molar-refractivity contribution in [1.82, 2.24) is 10.3 Å². The predicted octanol–water partition coefficient (Wildman–Crippen LogP) is 5.79. The molecule has 28 heavy (non-hydrogen) atoms. The van der Waals surface area contributed by atoms with Crippen LogP contribution < -0.4 is 5.32 Å². The summed E-state index contributed by atoms with van der Waals surface area (Å²) < 4.78 is 0. The first-order chi connectivity index (χ1) is 13.6. The van der Waals surface area contributed by atoms with Crippen LogP contribution in [0.15, 0.2) is 78.9 Å². The van der Waals surface area contributed by atoms with E-state index in [2.05, 4.69) is 5.32 Å². The number of halogens is 1. The lowest BCUT2D eigenvalue weighted by atomic mass is 9.97. The van der Waals surface area contributed by atoms with E-state index in [1.807, 2.05) is 85.8 Å². The van der Waals surface area contributed by atoms with Gasteiger partial charge in [0, 0.05) is 22.5 Å². The number of hydrogen-bond acceptors (Lipinski definition) is 2. The van der Waals surface area contributed by atoms with Crippen molar-refractivity contribution in [1.29, 1.82) is 0 Å². The number of carbonyl (C=O) groups is 1. The highest BCUT2D eigenvalue weighted by molar-refractivity contribution is 6.30. The summed E-state index contributed by atoms with van der Waals surface area (Å²) in [6.45, 7) is 2.39. The molecule has 0 saturated heterocycles. The average molecular weight is 387 g/mol. The Hall–Kier alpha value is -3.17. The zero-order valence-electron chi connectivity index (χ0n) is 15.4. The lowest BCUT2D eigenvalue weighted by Gasteiger charge is -2.15. The van der Waals surface area contributed by atoms with Crippen LogP contribution in [0.4, 0.5) is 0 Å². The van der Waals surface area contributed by atoms with Gasteiger partial charge in [-0.05, 0) is 36.2 Å². The Morgan fingerprint density at radius 2 is 1.61 bits per heavy atom. The van der Waals surface area contributed by atoms with Crippen LogP contribution in [-0.2, 0) is 6.54 Å². The fraction of sp³-hybridized carbons (Fsp3) is 0.0833. The highest BCUT2D eigenvalue weighted by Gasteiger charge is 2.18. The molecule has 1 amide bonds. The van der Waals surface area contributed by atoms with Crippen LogP contribution in [0.1, 0.15) is 21.5 Å². The number of carbonyl (C=O) groups excluding carboxylic acids is 1. The third kappa shape index (κ3) is 3.62. The Labute approximate surface area is 169 Å². The van der Waals surface area contributed by atoms with Crippen molar-refractivity contribution in [3.05, 3.63) is 101 Å². The standard InChI is InChI=1S/C24H19ClN2O/c1-16-22(24(28)26-15-17-11-13-19(25)14-12-17)20-9-5-6-10-21(20)27-23(16)18-7-3-2-4-8-18/h2-14H,15H2,1H3,(H,26,28). The molecule has 0 saturated carbocycles. The molecule has 4 rings (SSSR count). The van der Waals surface area contributed by atoms with E-state index in [0.717, 1.165) is 33.3 Å². The van der Waals surface area contributed by atoms with Crippen molar-refractivity contribution in [2.24, 2.45) is 0 Å². The van der Waals surface area contributed by atoms with Crippen molar-refractivity contribution in [2.75, 3.05) is 0 Å². The summed E-state index contributed by atoms with van der Waals surface area (Å²) >= 11 is 5.94. The smallest absolute Gasteiger partial charge is 0.252 e. The number of benzene rings is 3. The molecule has 138 valence electrons. The number of nitrogens with one attached hydrogen (secondary N) is 1. The van der Waals surface area contributed by atoms with E-state index in [4.69, 9.17) is 16.6 Å². The molecule has 1 heterocycles. The molecule has 0 aliphatic heterocycles. The van der Waals surface area contributed by atoms with Gasteiger partial charge in [-0.15, -0.1) is 0 Å². The van der Waals surface area contributed by atoms with Crippen molar-refractivity contribution >= 4 is 28.4 Å². The molecule has 1 N–H and O–H groups in total. The van der Waals surface area contributed by atoms with Gasteiger partial charge in [0.2, 0.25) is 0 Å². The van der Waals surface area contributed by atoms with Gasteiger partial charge in [-0.25, -0.2) is 4.98 Å². The predicted molar refractivity (Wildman–Crippen MR) is 115 cm³/mol. The number of para-hydroxylation sites is 1. The number of hydrogen-bond donors (Lipinski definition) is 1. The van der Waals surface area contributed by atoms with E-state index in [9.17, 15) is 4.79 Å². The Bertz CT molecular complexity index is 1140. The number of aromatic nitrogens is 1. The number of rotatable bonds is 4. The zero-order chi connectivity index (χ0) is 19.5. The van der Waals surface area contributed by atoms with E-state index in [1.165, 1.54) is 0 Å². The summed E-state index contributed by atoms with van der Waals surface area (Å²) in [7, 11) is 0. The molecule has 3 aromatic carbocycles. The van der Waals surface area contributed by atoms with Crippen LogP contribution in [0, 0.1) is 6.92 Å². The van der Waals surface area contributed by atoms with E-state index >= 15 is 0 Å². The molecular formula is C24H19ClN2O.